The number of esters is 1. The maximum atomic E-state index is 13.2. The van der Waals surface area contributed by atoms with Crippen molar-refractivity contribution >= 4 is 11.9 Å². The number of hydrogen-bond donors (Lipinski definition) is 0. The van der Waals surface area contributed by atoms with E-state index in [0.717, 1.165) is 58.0 Å². The van der Waals surface area contributed by atoms with Gasteiger partial charge in [0.1, 0.15) is 0 Å². The van der Waals surface area contributed by atoms with Crippen LogP contribution in [0.1, 0.15) is 125 Å². The molecule has 0 saturated heterocycles. The largest absolute Gasteiger partial charge is 0.462 e. The van der Waals surface area contributed by atoms with Crippen LogP contribution in [0, 0.1) is 0 Å². The van der Waals surface area contributed by atoms with Crippen LogP contribution >= 0.6 is 0 Å². The lowest BCUT2D eigenvalue weighted by atomic mass is 10.1. The van der Waals surface area contributed by atoms with Crippen LogP contribution in [0.5, 0.6) is 0 Å². The zero-order valence-corrected chi connectivity index (χ0v) is 20.3. The van der Waals surface area contributed by atoms with E-state index in [1.165, 1.54) is 38.5 Å². The summed E-state index contributed by atoms with van der Waals surface area (Å²) in [6, 6.07) is 7.04. The Kier molecular flexibility index (Phi) is 15.6. The quantitative estimate of drug-likeness (QED) is 0.179. The van der Waals surface area contributed by atoms with Gasteiger partial charge in [0.25, 0.3) is 5.91 Å². The van der Waals surface area contributed by atoms with Crippen molar-refractivity contribution in [2.75, 3.05) is 19.7 Å². The first-order valence-electron chi connectivity index (χ1n) is 12.7. The Labute approximate surface area is 190 Å². The third-order valence-corrected chi connectivity index (χ3v) is 5.68. The highest BCUT2D eigenvalue weighted by molar-refractivity contribution is 5.97. The van der Waals surface area contributed by atoms with Crippen LogP contribution in [0.25, 0.3) is 0 Å². The van der Waals surface area contributed by atoms with Crippen molar-refractivity contribution in [1.82, 2.24) is 4.90 Å². The van der Waals surface area contributed by atoms with Gasteiger partial charge < -0.3 is 9.64 Å². The van der Waals surface area contributed by atoms with Gasteiger partial charge in [0.2, 0.25) is 0 Å². The number of benzene rings is 1. The minimum atomic E-state index is -0.337. The highest BCUT2D eigenvalue weighted by Gasteiger charge is 2.17. The number of rotatable bonds is 18. The highest BCUT2D eigenvalue weighted by atomic mass is 16.5. The molecule has 4 nitrogen and oxygen atoms in total. The molecule has 176 valence electrons. The van der Waals surface area contributed by atoms with Gasteiger partial charge in [-0.2, -0.15) is 0 Å². The fourth-order valence-electron chi connectivity index (χ4n) is 3.69. The normalized spacial score (nSPS) is 10.8. The maximum Gasteiger partial charge on any atom is 0.338 e. The van der Waals surface area contributed by atoms with Crippen molar-refractivity contribution in [3.8, 4) is 0 Å². The van der Waals surface area contributed by atoms with E-state index in [9.17, 15) is 9.59 Å². The molecule has 1 rings (SSSR count). The monoisotopic (exact) mass is 431 g/mol. The Balaban J connectivity index is 2.70. The number of carbonyl (C=O) groups excluding carboxylic acids is 2. The number of ether oxygens (including phenoxy) is 1. The number of hydrogen-bond acceptors (Lipinski definition) is 3. The van der Waals surface area contributed by atoms with Crippen molar-refractivity contribution in [1.29, 1.82) is 0 Å². The van der Waals surface area contributed by atoms with Gasteiger partial charge in [-0.05, 0) is 37.5 Å². The Morgan fingerprint density at radius 2 is 1.23 bits per heavy atom. The van der Waals surface area contributed by atoms with Crippen LogP contribution in [0.2, 0.25) is 0 Å². The van der Waals surface area contributed by atoms with E-state index in [0.29, 0.717) is 17.7 Å². The summed E-state index contributed by atoms with van der Waals surface area (Å²) in [6.07, 6.45) is 14.9. The zero-order chi connectivity index (χ0) is 22.7. The molecule has 0 heterocycles. The lowest BCUT2D eigenvalue weighted by Gasteiger charge is -2.23. The first-order chi connectivity index (χ1) is 15.1. The molecule has 1 amide bonds. The summed E-state index contributed by atoms with van der Waals surface area (Å²) in [4.78, 5) is 27.6. The van der Waals surface area contributed by atoms with Crippen LogP contribution in [-0.4, -0.2) is 36.5 Å². The fraction of sp³-hybridized carbons (Fsp3) is 0.704. The molecule has 0 aliphatic rings. The second-order valence-corrected chi connectivity index (χ2v) is 8.54. The Bertz CT molecular complexity index is 600. The molecule has 0 atom stereocenters. The van der Waals surface area contributed by atoms with E-state index in [1.807, 2.05) is 11.0 Å². The summed E-state index contributed by atoms with van der Waals surface area (Å²) in [5.41, 5.74) is 1.05. The molecule has 0 saturated carbocycles. The Hall–Kier alpha value is -1.84. The average molecular weight is 432 g/mol. The lowest BCUT2D eigenvalue weighted by molar-refractivity contribution is 0.0498. The van der Waals surface area contributed by atoms with Crippen LogP contribution < -0.4 is 0 Å². The predicted molar refractivity (Wildman–Crippen MR) is 130 cm³/mol. The van der Waals surface area contributed by atoms with Gasteiger partial charge in [-0.1, -0.05) is 91.0 Å². The number of amides is 1. The standard InChI is InChI=1S/C27H45NO3/c1-4-7-10-12-14-20-28(21-15-13-11-8-5-2)26(29)24-18-17-19-25(23-24)27(30)31-22-16-9-6-3/h17-19,23H,4-16,20-22H2,1-3H3. The molecule has 0 bridgehead atoms. The van der Waals surface area contributed by atoms with E-state index in [-0.39, 0.29) is 11.9 Å². The zero-order valence-electron chi connectivity index (χ0n) is 20.3. The van der Waals surface area contributed by atoms with Crippen LogP contribution in [0.3, 0.4) is 0 Å². The highest BCUT2D eigenvalue weighted by Crippen LogP contribution is 2.14. The van der Waals surface area contributed by atoms with Gasteiger partial charge in [-0.25, -0.2) is 4.79 Å². The summed E-state index contributed by atoms with van der Waals surface area (Å²) in [6.45, 7) is 8.58. The Morgan fingerprint density at radius 3 is 1.81 bits per heavy atom. The molecular weight excluding hydrogens is 386 g/mol. The molecule has 4 heteroatoms. The van der Waals surface area contributed by atoms with Gasteiger partial charge in [-0.3, -0.25) is 4.79 Å². The van der Waals surface area contributed by atoms with Crippen molar-refractivity contribution in [2.45, 2.75) is 104 Å². The summed E-state index contributed by atoms with van der Waals surface area (Å²) in [7, 11) is 0. The van der Waals surface area contributed by atoms with Gasteiger partial charge in [-0.15, -0.1) is 0 Å². The molecule has 1 aromatic rings. The Morgan fingerprint density at radius 1 is 0.710 bits per heavy atom. The molecule has 0 radical (unpaired) electrons. The number of unbranched alkanes of at least 4 members (excludes halogenated alkanes) is 10. The summed E-state index contributed by atoms with van der Waals surface area (Å²) < 4.78 is 5.37. The van der Waals surface area contributed by atoms with Crippen LogP contribution in [-0.2, 0) is 4.74 Å². The van der Waals surface area contributed by atoms with Crippen molar-refractivity contribution in [3.63, 3.8) is 0 Å². The second-order valence-electron chi connectivity index (χ2n) is 8.54. The van der Waals surface area contributed by atoms with Crippen LogP contribution in [0.4, 0.5) is 0 Å². The molecule has 0 aliphatic carbocycles. The van der Waals surface area contributed by atoms with Gasteiger partial charge in [0.15, 0.2) is 0 Å². The van der Waals surface area contributed by atoms with Gasteiger partial charge >= 0.3 is 5.97 Å². The first kappa shape index (κ1) is 27.2. The lowest BCUT2D eigenvalue weighted by Crippen LogP contribution is -2.33. The van der Waals surface area contributed by atoms with E-state index >= 15 is 0 Å². The third kappa shape index (κ3) is 11.9. The molecule has 0 N–H and O–H groups in total. The second kappa shape index (κ2) is 17.8. The molecule has 0 aliphatic heterocycles. The molecule has 0 unspecified atom stereocenters. The molecule has 0 fully saturated rings. The molecule has 31 heavy (non-hydrogen) atoms. The van der Waals surface area contributed by atoms with Crippen molar-refractivity contribution in [3.05, 3.63) is 35.4 Å². The van der Waals surface area contributed by atoms with Crippen LogP contribution in [0.15, 0.2) is 24.3 Å². The smallest absolute Gasteiger partial charge is 0.338 e. The van der Waals surface area contributed by atoms with Crippen molar-refractivity contribution in [2.24, 2.45) is 0 Å². The number of nitrogens with zero attached hydrogens (tertiary/aromatic N) is 1. The average Bonchev–Trinajstić information content (AvgIpc) is 2.79. The fourth-order valence-corrected chi connectivity index (χ4v) is 3.69. The predicted octanol–water partition coefficient (Wildman–Crippen LogP) is 7.42. The summed E-state index contributed by atoms with van der Waals surface area (Å²) >= 11 is 0. The first-order valence-corrected chi connectivity index (χ1v) is 12.7. The minimum Gasteiger partial charge on any atom is -0.462 e. The molecule has 1 aromatic carbocycles. The van der Waals surface area contributed by atoms with Crippen molar-refractivity contribution < 1.29 is 14.3 Å². The SMILES string of the molecule is CCCCCCCN(CCCCCCC)C(=O)c1cccc(C(=O)OCCCCC)c1. The molecular formula is C27H45NO3. The number of carbonyl (C=O) groups is 2. The minimum absolute atomic E-state index is 0.0339. The van der Waals surface area contributed by atoms with Gasteiger partial charge in [0.05, 0.1) is 12.2 Å². The summed E-state index contributed by atoms with van der Waals surface area (Å²) in [5, 5.41) is 0. The van der Waals surface area contributed by atoms with E-state index in [1.54, 1.807) is 18.2 Å². The van der Waals surface area contributed by atoms with E-state index < -0.39 is 0 Å². The summed E-state index contributed by atoms with van der Waals surface area (Å²) in [5.74, 6) is -0.303. The topological polar surface area (TPSA) is 46.6 Å². The van der Waals surface area contributed by atoms with Gasteiger partial charge in [0, 0.05) is 18.7 Å². The molecule has 0 aromatic heterocycles. The van der Waals surface area contributed by atoms with E-state index in [4.69, 9.17) is 4.74 Å². The third-order valence-electron chi connectivity index (χ3n) is 5.68. The molecule has 0 spiro atoms. The van der Waals surface area contributed by atoms with E-state index in [2.05, 4.69) is 20.8 Å². The maximum absolute atomic E-state index is 13.2.